The van der Waals surface area contributed by atoms with Gasteiger partial charge in [0, 0.05) is 6.42 Å². The van der Waals surface area contributed by atoms with Crippen molar-refractivity contribution in [3.05, 3.63) is 101 Å². The molecule has 180 valence electrons. The van der Waals surface area contributed by atoms with Crippen molar-refractivity contribution in [2.24, 2.45) is 16.8 Å². The average molecular weight is 471 g/mol. The van der Waals surface area contributed by atoms with Crippen molar-refractivity contribution in [3.8, 4) is 5.75 Å². The lowest BCUT2D eigenvalue weighted by molar-refractivity contribution is -0.145. The van der Waals surface area contributed by atoms with Gasteiger partial charge in [-0.05, 0) is 53.5 Å². The molecule has 6 heteroatoms. The summed E-state index contributed by atoms with van der Waals surface area (Å²) >= 11 is 0. The third kappa shape index (κ3) is 6.15. The number of rotatable bonds is 8. The molecule has 1 aliphatic carbocycles. The van der Waals surface area contributed by atoms with Gasteiger partial charge in [-0.3, -0.25) is 4.79 Å². The highest BCUT2D eigenvalue weighted by Gasteiger charge is 2.25. The lowest BCUT2D eigenvalue weighted by atomic mass is 9.82. The number of oxime groups is 1. The molecule has 0 aromatic heterocycles. The Morgan fingerprint density at radius 1 is 0.943 bits per heavy atom. The van der Waals surface area contributed by atoms with Gasteiger partial charge in [-0.1, -0.05) is 84.9 Å². The Morgan fingerprint density at radius 3 is 2.23 bits per heavy atom. The molecule has 0 saturated carbocycles. The molecule has 0 saturated heterocycles. The number of nitrogens with two attached hydrogens (primary N) is 1. The molecule has 0 spiro atoms. The first-order valence-electron chi connectivity index (χ1n) is 12.0. The minimum Gasteiger partial charge on any atom is -0.426 e. The number of ether oxygens (including phenoxy) is 1. The summed E-state index contributed by atoms with van der Waals surface area (Å²) in [7, 11) is 0. The Bertz CT molecular complexity index is 1150. The highest BCUT2D eigenvalue weighted by atomic mass is 16.7. The zero-order chi connectivity index (χ0) is 24.6. The van der Waals surface area contributed by atoms with Gasteiger partial charge in [0.25, 0.3) is 0 Å². The van der Waals surface area contributed by atoms with Gasteiger partial charge in [-0.25, -0.2) is 4.79 Å². The van der Waals surface area contributed by atoms with E-state index in [1.807, 2.05) is 78.9 Å². The van der Waals surface area contributed by atoms with Crippen molar-refractivity contribution in [2.45, 2.75) is 44.9 Å². The smallest absolute Gasteiger partial charge is 0.335 e. The summed E-state index contributed by atoms with van der Waals surface area (Å²) in [6.45, 7) is 1.77. The van der Waals surface area contributed by atoms with E-state index >= 15 is 0 Å². The molecule has 0 aliphatic heterocycles. The fraction of sp³-hybridized carbons (Fsp3) is 0.276. The minimum absolute atomic E-state index is 0.127. The number of carbonyl (C=O) groups is 2. The standard InChI is InChI=1S/C29H30N2O4/c1-2-26(32)34-25-15-9-14-23-18-20(16-17-24(23)25)19-27(33)35-31-29(30)28(21-10-5-3-6-11-21)22-12-7-4-8-13-22/h3-15,20,28H,2,16-19H2,1H3,(H2,30,31). The molecule has 0 fully saturated rings. The highest BCUT2D eigenvalue weighted by molar-refractivity contribution is 5.90. The molecule has 35 heavy (non-hydrogen) atoms. The van der Waals surface area contributed by atoms with Crippen molar-refractivity contribution in [1.82, 2.24) is 0 Å². The van der Waals surface area contributed by atoms with E-state index in [0.29, 0.717) is 12.2 Å². The van der Waals surface area contributed by atoms with Crippen LogP contribution in [0.4, 0.5) is 0 Å². The first kappa shape index (κ1) is 24.2. The van der Waals surface area contributed by atoms with E-state index in [1.54, 1.807) is 6.92 Å². The SMILES string of the molecule is CCC(=O)Oc1cccc2c1CCC(CC(=O)ON=C(N)C(c1ccccc1)c1ccccc1)C2. The van der Waals surface area contributed by atoms with Crippen molar-refractivity contribution in [1.29, 1.82) is 0 Å². The number of esters is 1. The number of amidine groups is 1. The minimum atomic E-state index is -0.408. The van der Waals surface area contributed by atoms with Gasteiger partial charge >= 0.3 is 11.9 Å². The van der Waals surface area contributed by atoms with E-state index in [-0.39, 0.29) is 30.1 Å². The van der Waals surface area contributed by atoms with Crippen LogP contribution in [0.2, 0.25) is 0 Å². The van der Waals surface area contributed by atoms with Crippen LogP contribution >= 0.6 is 0 Å². The van der Waals surface area contributed by atoms with Gasteiger partial charge in [0.2, 0.25) is 0 Å². The number of fused-ring (bicyclic) bond motifs is 1. The van der Waals surface area contributed by atoms with Crippen LogP contribution in [-0.4, -0.2) is 17.8 Å². The van der Waals surface area contributed by atoms with Crippen LogP contribution in [0.5, 0.6) is 5.75 Å². The Balaban J connectivity index is 1.41. The third-order valence-corrected chi connectivity index (χ3v) is 6.32. The van der Waals surface area contributed by atoms with Gasteiger partial charge < -0.3 is 15.3 Å². The second-order valence-electron chi connectivity index (χ2n) is 8.77. The van der Waals surface area contributed by atoms with Crippen LogP contribution < -0.4 is 10.5 Å². The van der Waals surface area contributed by atoms with E-state index in [4.69, 9.17) is 15.3 Å². The summed E-state index contributed by atoms with van der Waals surface area (Å²) in [6.07, 6.45) is 2.85. The van der Waals surface area contributed by atoms with E-state index in [2.05, 4.69) is 5.16 Å². The first-order valence-corrected chi connectivity index (χ1v) is 12.0. The van der Waals surface area contributed by atoms with Crippen molar-refractivity contribution < 1.29 is 19.2 Å². The maximum atomic E-state index is 12.6. The summed E-state index contributed by atoms with van der Waals surface area (Å²) in [5.41, 5.74) is 10.4. The third-order valence-electron chi connectivity index (χ3n) is 6.32. The molecule has 1 atom stereocenters. The maximum absolute atomic E-state index is 12.6. The van der Waals surface area contributed by atoms with Gasteiger partial charge in [0.15, 0.2) is 5.84 Å². The Morgan fingerprint density at radius 2 is 1.60 bits per heavy atom. The van der Waals surface area contributed by atoms with Crippen molar-refractivity contribution in [3.63, 3.8) is 0 Å². The normalized spacial score (nSPS) is 15.4. The lowest BCUT2D eigenvalue weighted by Crippen LogP contribution is -2.24. The Labute approximate surface area is 205 Å². The maximum Gasteiger partial charge on any atom is 0.335 e. The zero-order valence-electron chi connectivity index (χ0n) is 19.9. The van der Waals surface area contributed by atoms with E-state index in [1.165, 1.54) is 0 Å². The molecule has 0 bridgehead atoms. The molecule has 0 amide bonds. The van der Waals surface area contributed by atoms with Crippen molar-refractivity contribution in [2.75, 3.05) is 0 Å². The number of hydrogen-bond acceptors (Lipinski definition) is 5. The van der Waals surface area contributed by atoms with Crippen molar-refractivity contribution >= 4 is 17.8 Å². The van der Waals surface area contributed by atoms with Gasteiger partial charge in [0.1, 0.15) is 5.75 Å². The molecule has 3 aromatic rings. The van der Waals surface area contributed by atoms with Crippen LogP contribution in [0.25, 0.3) is 0 Å². The summed E-state index contributed by atoms with van der Waals surface area (Å²) < 4.78 is 5.48. The van der Waals surface area contributed by atoms with Crippen LogP contribution in [-0.2, 0) is 27.3 Å². The average Bonchev–Trinajstić information content (AvgIpc) is 2.89. The summed E-state index contributed by atoms with van der Waals surface area (Å²) in [5, 5.41) is 4.03. The molecule has 2 N–H and O–H groups in total. The quantitative estimate of drug-likeness (QED) is 0.123. The predicted molar refractivity (Wildman–Crippen MR) is 135 cm³/mol. The van der Waals surface area contributed by atoms with Crippen LogP contribution in [0, 0.1) is 5.92 Å². The van der Waals surface area contributed by atoms with E-state index in [9.17, 15) is 9.59 Å². The molecule has 0 radical (unpaired) electrons. The molecular formula is C29H30N2O4. The topological polar surface area (TPSA) is 91.0 Å². The Kier molecular flexibility index (Phi) is 7.93. The summed E-state index contributed by atoms with van der Waals surface area (Å²) in [5.74, 6) is 0.0186. The first-order chi connectivity index (χ1) is 17.0. The molecule has 0 heterocycles. The summed E-state index contributed by atoms with van der Waals surface area (Å²) in [6, 6.07) is 25.3. The Hall–Kier alpha value is -3.93. The van der Waals surface area contributed by atoms with E-state index < -0.39 is 5.97 Å². The molecular weight excluding hydrogens is 440 g/mol. The largest absolute Gasteiger partial charge is 0.426 e. The molecule has 6 nitrogen and oxygen atoms in total. The molecule has 4 rings (SSSR count). The number of nitrogens with zero attached hydrogens (tertiary/aromatic N) is 1. The van der Waals surface area contributed by atoms with Crippen LogP contribution in [0.1, 0.15) is 54.4 Å². The highest BCUT2D eigenvalue weighted by Crippen LogP contribution is 2.34. The molecule has 3 aromatic carbocycles. The lowest BCUT2D eigenvalue weighted by Gasteiger charge is -2.25. The van der Waals surface area contributed by atoms with Crippen LogP contribution in [0.15, 0.2) is 84.0 Å². The van der Waals surface area contributed by atoms with Gasteiger partial charge in [-0.2, -0.15) is 0 Å². The molecule has 1 unspecified atom stereocenters. The van der Waals surface area contributed by atoms with Gasteiger partial charge in [-0.15, -0.1) is 0 Å². The number of carbonyl (C=O) groups excluding carboxylic acids is 2. The van der Waals surface area contributed by atoms with Crippen LogP contribution in [0.3, 0.4) is 0 Å². The number of hydrogen-bond donors (Lipinski definition) is 1. The summed E-state index contributed by atoms with van der Waals surface area (Å²) in [4.78, 5) is 29.6. The fourth-order valence-electron chi connectivity index (χ4n) is 4.57. The molecule has 1 aliphatic rings. The number of benzene rings is 3. The van der Waals surface area contributed by atoms with E-state index in [0.717, 1.165) is 41.5 Å². The second-order valence-corrected chi connectivity index (χ2v) is 8.77. The fourth-order valence-corrected chi connectivity index (χ4v) is 4.57. The zero-order valence-corrected chi connectivity index (χ0v) is 19.9. The predicted octanol–water partition coefficient (Wildman–Crippen LogP) is 5.14. The second kappa shape index (κ2) is 11.5. The monoisotopic (exact) mass is 470 g/mol. The van der Waals surface area contributed by atoms with Gasteiger partial charge in [0.05, 0.1) is 12.3 Å².